The van der Waals surface area contributed by atoms with Gasteiger partial charge in [0.05, 0.1) is 22.7 Å². The molecule has 1 aliphatic heterocycles. The summed E-state index contributed by atoms with van der Waals surface area (Å²) >= 11 is 6.32. The van der Waals surface area contributed by atoms with E-state index in [4.69, 9.17) is 21.1 Å². The fourth-order valence-electron chi connectivity index (χ4n) is 4.54. The number of nitrogens with one attached hydrogen (secondary N) is 1. The Kier molecular flexibility index (Phi) is 8.42. The third kappa shape index (κ3) is 6.09. The van der Waals surface area contributed by atoms with Crippen molar-refractivity contribution in [2.24, 2.45) is 0 Å². The van der Waals surface area contributed by atoms with Crippen LogP contribution in [0.1, 0.15) is 24.0 Å². The first-order valence-corrected chi connectivity index (χ1v) is 13.9. The molecule has 1 saturated heterocycles. The molecule has 1 N–H and O–H groups in total. The van der Waals surface area contributed by atoms with Gasteiger partial charge >= 0.3 is 0 Å². The summed E-state index contributed by atoms with van der Waals surface area (Å²) in [5.41, 5.74) is 2.05. The molecular weight excluding hydrogens is 512 g/mol. The Bertz CT molecular complexity index is 1320. The second kappa shape index (κ2) is 11.5. The van der Waals surface area contributed by atoms with E-state index in [1.165, 1.54) is 25.3 Å². The number of halogens is 1. The molecule has 0 atom stereocenters. The van der Waals surface area contributed by atoms with Crippen molar-refractivity contribution >= 4 is 33.2 Å². The number of hydrogen-bond acceptors (Lipinski definition) is 5. The number of ether oxygens (including phenoxy) is 2. The molecule has 3 aromatic carbocycles. The SMILES string of the molecule is COc1ccc(N(CC(=O)NCC2(c3ccccc3)CCOCC2)S(=O)(=O)c2ccc(C)cc2)cc1Cl. The zero-order valence-electron chi connectivity index (χ0n) is 20.9. The number of rotatable bonds is 9. The van der Waals surface area contributed by atoms with Crippen molar-refractivity contribution in [1.82, 2.24) is 5.32 Å². The lowest BCUT2D eigenvalue weighted by Gasteiger charge is -2.38. The predicted molar refractivity (Wildman–Crippen MR) is 145 cm³/mol. The van der Waals surface area contributed by atoms with Crippen molar-refractivity contribution in [3.8, 4) is 5.75 Å². The fourth-order valence-corrected chi connectivity index (χ4v) is 6.20. The van der Waals surface area contributed by atoms with Crippen LogP contribution >= 0.6 is 11.6 Å². The molecule has 9 heteroatoms. The van der Waals surface area contributed by atoms with Gasteiger partial charge in [-0.3, -0.25) is 9.10 Å². The molecule has 0 spiro atoms. The second-order valence-corrected chi connectivity index (χ2v) is 11.4. The van der Waals surface area contributed by atoms with Gasteiger partial charge < -0.3 is 14.8 Å². The van der Waals surface area contributed by atoms with Crippen LogP contribution in [0, 0.1) is 6.92 Å². The average Bonchev–Trinajstić information content (AvgIpc) is 2.91. The minimum atomic E-state index is -4.06. The number of anilines is 1. The molecule has 0 aliphatic carbocycles. The Morgan fingerprint density at radius 1 is 1.05 bits per heavy atom. The summed E-state index contributed by atoms with van der Waals surface area (Å²) in [6.45, 7) is 3.05. The van der Waals surface area contributed by atoms with Gasteiger partial charge in [0.2, 0.25) is 5.91 Å². The number of hydrogen-bond donors (Lipinski definition) is 1. The molecule has 1 amide bonds. The minimum absolute atomic E-state index is 0.0861. The smallest absolute Gasteiger partial charge is 0.264 e. The molecule has 1 heterocycles. The highest BCUT2D eigenvalue weighted by molar-refractivity contribution is 7.92. The lowest BCUT2D eigenvalue weighted by atomic mass is 9.74. The number of amides is 1. The Morgan fingerprint density at radius 3 is 2.35 bits per heavy atom. The normalized spacial score (nSPS) is 15.1. The Labute approximate surface area is 223 Å². The summed E-state index contributed by atoms with van der Waals surface area (Å²) in [5.74, 6) is -0.00343. The third-order valence-corrected chi connectivity index (χ3v) is 8.86. The molecule has 1 fully saturated rings. The number of aryl methyl sites for hydroxylation is 1. The lowest BCUT2D eigenvalue weighted by Crippen LogP contribution is -2.48. The maximum atomic E-state index is 13.7. The molecule has 0 saturated carbocycles. The molecule has 196 valence electrons. The lowest BCUT2D eigenvalue weighted by molar-refractivity contribution is -0.120. The summed E-state index contributed by atoms with van der Waals surface area (Å²) in [7, 11) is -2.58. The number of carbonyl (C=O) groups is 1. The second-order valence-electron chi connectivity index (χ2n) is 9.18. The highest BCUT2D eigenvalue weighted by Gasteiger charge is 2.35. The quantitative estimate of drug-likeness (QED) is 0.423. The van der Waals surface area contributed by atoms with Gasteiger partial charge in [0.15, 0.2) is 0 Å². The molecule has 0 radical (unpaired) electrons. The van der Waals surface area contributed by atoms with E-state index in [2.05, 4.69) is 17.4 Å². The zero-order chi connectivity index (χ0) is 26.5. The standard InChI is InChI=1S/C28H31ClN2O5S/c1-21-8-11-24(12-9-21)37(33,34)31(23-10-13-26(35-2)25(29)18-23)19-27(32)30-20-28(14-16-36-17-15-28)22-6-4-3-5-7-22/h3-13,18H,14-17,19-20H2,1-2H3,(H,30,32). The summed E-state index contributed by atoms with van der Waals surface area (Å²) < 4.78 is 39.3. The van der Waals surface area contributed by atoms with Crippen molar-refractivity contribution in [3.05, 3.63) is 88.9 Å². The van der Waals surface area contributed by atoms with Gasteiger partial charge in [-0.25, -0.2) is 8.42 Å². The van der Waals surface area contributed by atoms with Gasteiger partial charge in [0.1, 0.15) is 12.3 Å². The van der Waals surface area contributed by atoms with Crippen LogP contribution in [-0.4, -0.2) is 47.7 Å². The Hall–Kier alpha value is -3.07. The van der Waals surface area contributed by atoms with Crippen LogP contribution in [0.25, 0.3) is 0 Å². The molecule has 0 aromatic heterocycles. The summed E-state index contributed by atoms with van der Waals surface area (Å²) in [5, 5.41) is 3.25. The first kappa shape index (κ1) is 27.0. The molecule has 37 heavy (non-hydrogen) atoms. The van der Waals surface area contributed by atoms with Crippen LogP contribution in [0.15, 0.2) is 77.7 Å². The average molecular weight is 543 g/mol. The largest absolute Gasteiger partial charge is 0.495 e. The van der Waals surface area contributed by atoms with Gasteiger partial charge in [0.25, 0.3) is 10.0 Å². The highest BCUT2D eigenvalue weighted by atomic mass is 35.5. The van der Waals surface area contributed by atoms with E-state index in [0.29, 0.717) is 25.5 Å². The molecular formula is C28H31ClN2O5S. The van der Waals surface area contributed by atoms with E-state index in [1.807, 2.05) is 25.1 Å². The zero-order valence-corrected chi connectivity index (χ0v) is 22.5. The van der Waals surface area contributed by atoms with Crippen molar-refractivity contribution in [2.45, 2.75) is 30.1 Å². The predicted octanol–water partition coefficient (Wildman–Crippen LogP) is 4.72. The van der Waals surface area contributed by atoms with Gasteiger partial charge in [-0.15, -0.1) is 0 Å². The van der Waals surface area contributed by atoms with Crippen molar-refractivity contribution < 1.29 is 22.7 Å². The van der Waals surface area contributed by atoms with E-state index >= 15 is 0 Å². The minimum Gasteiger partial charge on any atom is -0.495 e. The first-order valence-electron chi connectivity index (χ1n) is 12.1. The van der Waals surface area contributed by atoms with Crippen LogP contribution < -0.4 is 14.4 Å². The molecule has 4 rings (SSSR count). The maximum absolute atomic E-state index is 13.7. The van der Waals surface area contributed by atoms with Crippen LogP contribution in [-0.2, 0) is 25.0 Å². The van der Waals surface area contributed by atoms with Crippen molar-refractivity contribution in [1.29, 1.82) is 0 Å². The van der Waals surface area contributed by atoms with Crippen LogP contribution in [0.4, 0.5) is 5.69 Å². The Balaban J connectivity index is 1.61. The maximum Gasteiger partial charge on any atom is 0.264 e. The highest BCUT2D eigenvalue weighted by Crippen LogP contribution is 2.35. The summed E-state index contributed by atoms with van der Waals surface area (Å²) in [6.07, 6.45) is 1.52. The fraction of sp³-hybridized carbons (Fsp3) is 0.321. The molecule has 3 aromatic rings. The first-order chi connectivity index (χ1) is 17.7. The van der Waals surface area contributed by atoms with Gasteiger partial charge in [-0.2, -0.15) is 0 Å². The molecule has 0 bridgehead atoms. The van der Waals surface area contributed by atoms with Crippen molar-refractivity contribution in [3.63, 3.8) is 0 Å². The van der Waals surface area contributed by atoms with Crippen LogP contribution in [0.2, 0.25) is 5.02 Å². The Morgan fingerprint density at radius 2 is 1.73 bits per heavy atom. The monoisotopic (exact) mass is 542 g/mol. The molecule has 1 aliphatic rings. The van der Waals surface area contributed by atoms with Gasteiger partial charge in [-0.1, -0.05) is 59.6 Å². The number of sulfonamides is 1. The molecule has 7 nitrogen and oxygen atoms in total. The number of carbonyl (C=O) groups excluding carboxylic acids is 1. The van der Waals surface area contributed by atoms with E-state index in [0.717, 1.165) is 28.3 Å². The van der Waals surface area contributed by atoms with E-state index in [-0.39, 0.29) is 21.0 Å². The van der Waals surface area contributed by atoms with Crippen molar-refractivity contribution in [2.75, 3.05) is 37.7 Å². The van der Waals surface area contributed by atoms with Gasteiger partial charge in [-0.05, 0) is 55.7 Å². The summed E-state index contributed by atoms with van der Waals surface area (Å²) in [4.78, 5) is 13.4. The van der Waals surface area contributed by atoms with E-state index < -0.39 is 22.5 Å². The molecule has 0 unspecified atom stereocenters. The van der Waals surface area contributed by atoms with E-state index in [1.54, 1.807) is 24.3 Å². The summed E-state index contributed by atoms with van der Waals surface area (Å²) in [6, 6.07) is 21.2. The van der Waals surface area contributed by atoms with E-state index in [9.17, 15) is 13.2 Å². The van der Waals surface area contributed by atoms with Gasteiger partial charge in [0, 0.05) is 25.2 Å². The van der Waals surface area contributed by atoms with Crippen LogP contribution in [0.3, 0.4) is 0 Å². The number of benzene rings is 3. The third-order valence-electron chi connectivity index (χ3n) is 6.78. The topological polar surface area (TPSA) is 84.9 Å². The number of nitrogens with zero attached hydrogens (tertiary/aromatic N) is 1. The van der Waals surface area contributed by atoms with Crippen LogP contribution in [0.5, 0.6) is 5.75 Å². The number of methoxy groups -OCH3 is 1.